The molecule has 1 atom stereocenters. The first-order valence-corrected chi connectivity index (χ1v) is 7.70. The Bertz CT molecular complexity index is 369. The van der Waals surface area contributed by atoms with Crippen LogP contribution in [0.15, 0.2) is 24.3 Å². The maximum absolute atomic E-state index is 5.76. The number of hydrogen-bond donors (Lipinski definition) is 1. The lowest BCUT2D eigenvalue weighted by atomic mass is 10.1. The van der Waals surface area contributed by atoms with E-state index in [-0.39, 0.29) is 0 Å². The zero-order valence-electron chi connectivity index (χ0n) is 12.7. The number of nitrogens with one attached hydrogen (secondary N) is 1. The fourth-order valence-corrected chi connectivity index (χ4v) is 2.37. The molecule has 0 bridgehead atoms. The van der Waals surface area contributed by atoms with Crippen LogP contribution >= 0.6 is 0 Å². The molecule has 1 saturated heterocycles. The molecule has 1 aliphatic heterocycles. The van der Waals surface area contributed by atoms with Gasteiger partial charge < -0.3 is 14.8 Å². The minimum atomic E-state index is 0.558. The van der Waals surface area contributed by atoms with E-state index in [0.29, 0.717) is 18.6 Å². The van der Waals surface area contributed by atoms with Gasteiger partial charge in [0.05, 0.1) is 19.8 Å². The molecule has 0 radical (unpaired) electrons. The first kappa shape index (κ1) is 15.5. The second-order valence-electron chi connectivity index (χ2n) is 5.92. The SMILES string of the molecule is CC(C)NCCc1ccc(COCC2CCOC2)cc1. The van der Waals surface area contributed by atoms with Crippen LogP contribution in [-0.4, -0.2) is 32.4 Å². The second-order valence-corrected chi connectivity index (χ2v) is 5.92. The lowest BCUT2D eigenvalue weighted by Crippen LogP contribution is -2.24. The first-order chi connectivity index (χ1) is 9.74. The average Bonchev–Trinajstić information content (AvgIpc) is 2.93. The Hall–Kier alpha value is -0.900. The molecule has 1 aromatic carbocycles. The summed E-state index contributed by atoms with van der Waals surface area (Å²) in [4.78, 5) is 0. The Labute approximate surface area is 122 Å². The molecular weight excluding hydrogens is 250 g/mol. The fourth-order valence-electron chi connectivity index (χ4n) is 2.37. The predicted molar refractivity (Wildman–Crippen MR) is 81.9 cm³/mol. The molecule has 1 fully saturated rings. The second kappa shape index (κ2) is 8.40. The molecule has 3 nitrogen and oxygen atoms in total. The van der Waals surface area contributed by atoms with E-state index in [1.54, 1.807) is 0 Å². The Morgan fingerprint density at radius 2 is 2.00 bits per heavy atom. The lowest BCUT2D eigenvalue weighted by molar-refractivity contribution is 0.0791. The standard InChI is InChI=1S/C17H27NO2/c1-14(2)18-9-7-15-3-5-16(6-4-15)11-20-13-17-8-10-19-12-17/h3-6,14,17-18H,7-13H2,1-2H3. The van der Waals surface area contributed by atoms with E-state index in [0.717, 1.165) is 39.2 Å². The Kier molecular flexibility index (Phi) is 6.51. The molecule has 20 heavy (non-hydrogen) atoms. The summed E-state index contributed by atoms with van der Waals surface area (Å²) in [5.74, 6) is 0.594. The van der Waals surface area contributed by atoms with E-state index in [2.05, 4.69) is 43.4 Å². The molecule has 0 aliphatic carbocycles. The topological polar surface area (TPSA) is 30.5 Å². The summed E-state index contributed by atoms with van der Waals surface area (Å²) < 4.78 is 11.1. The van der Waals surface area contributed by atoms with Crippen molar-refractivity contribution in [3.05, 3.63) is 35.4 Å². The number of ether oxygens (including phenoxy) is 2. The normalized spacial score (nSPS) is 18.9. The minimum Gasteiger partial charge on any atom is -0.381 e. The van der Waals surface area contributed by atoms with Gasteiger partial charge in [0.1, 0.15) is 0 Å². The van der Waals surface area contributed by atoms with Crippen molar-refractivity contribution in [3.63, 3.8) is 0 Å². The van der Waals surface area contributed by atoms with Crippen LogP contribution in [0.2, 0.25) is 0 Å². The van der Waals surface area contributed by atoms with Gasteiger partial charge in [0.15, 0.2) is 0 Å². The average molecular weight is 277 g/mol. The third-order valence-electron chi connectivity index (χ3n) is 3.64. The van der Waals surface area contributed by atoms with E-state index >= 15 is 0 Å². The van der Waals surface area contributed by atoms with Gasteiger partial charge in [-0.05, 0) is 30.5 Å². The summed E-state index contributed by atoms with van der Waals surface area (Å²) >= 11 is 0. The summed E-state index contributed by atoms with van der Waals surface area (Å²) in [5, 5.41) is 3.44. The van der Waals surface area contributed by atoms with Crippen LogP contribution in [0.5, 0.6) is 0 Å². The Morgan fingerprint density at radius 3 is 2.65 bits per heavy atom. The molecule has 0 spiro atoms. The van der Waals surface area contributed by atoms with Crippen LogP contribution in [0.1, 0.15) is 31.4 Å². The molecular formula is C17H27NO2. The smallest absolute Gasteiger partial charge is 0.0717 e. The van der Waals surface area contributed by atoms with E-state index in [4.69, 9.17) is 9.47 Å². The molecule has 1 heterocycles. The van der Waals surface area contributed by atoms with Crippen LogP contribution in [0.4, 0.5) is 0 Å². The Balaban J connectivity index is 1.65. The van der Waals surface area contributed by atoms with E-state index < -0.39 is 0 Å². The van der Waals surface area contributed by atoms with Gasteiger partial charge in [-0.2, -0.15) is 0 Å². The maximum atomic E-state index is 5.76. The van der Waals surface area contributed by atoms with Gasteiger partial charge in [-0.15, -0.1) is 0 Å². The molecule has 1 aromatic rings. The fraction of sp³-hybridized carbons (Fsp3) is 0.647. The monoisotopic (exact) mass is 277 g/mol. The van der Waals surface area contributed by atoms with Crippen LogP contribution in [0.3, 0.4) is 0 Å². The van der Waals surface area contributed by atoms with E-state index in [1.807, 2.05) is 0 Å². The zero-order valence-corrected chi connectivity index (χ0v) is 12.7. The van der Waals surface area contributed by atoms with Crippen LogP contribution in [0.25, 0.3) is 0 Å². The van der Waals surface area contributed by atoms with Crippen molar-refractivity contribution in [2.75, 3.05) is 26.4 Å². The molecule has 112 valence electrons. The van der Waals surface area contributed by atoms with Gasteiger partial charge in [-0.1, -0.05) is 38.1 Å². The van der Waals surface area contributed by atoms with Crippen molar-refractivity contribution in [2.24, 2.45) is 5.92 Å². The van der Waals surface area contributed by atoms with Crippen LogP contribution in [-0.2, 0) is 22.5 Å². The summed E-state index contributed by atoms with van der Waals surface area (Å²) in [6, 6.07) is 9.33. The number of rotatable bonds is 8. The van der Waals surface area contributed by atoms with Crippen molar-refractivity contribution in [3.8, 4) is 0 Å². The van der Waals surface area contributed by atoms with Crippen LogP contribution < -0.4 is 5.32 Å². The van der Waals surface area contributed by atoms with Gasteiger partial charge in [0, 0.05) is 18.6 Å². The quantitative estimate of drug-likeness (QED) is 0.792. The van der Waals surface area contributed by atoms with Crippen molar-refractivity contribution >= 4 is 0 Å². The predicted octanol–water partition coefficient (Wildman–Crippen LogP) is 2.78. The van der Waals surface area contributed by atoms with Gasteiger partial charge in [-0.25, -0.2) is 0 Å². The van der Waals surface area contributed by atoms with Gasteiger partial charge in [-0.3, -0.25) is 0 Å². The molecule has 0 aromatic heterocycles. The zero-order chi connectivity index (χ0) is 14.2. The molecule has 0 saturated carbocycles. The maximum Gasteiger partial charge on any atom is 0.0717 e. The van der Waals surface area contributed by atoms with Crippen molar-refractivity contribution in [1.29, 1.82) is 0 Å². The highest BCUT2D eigenvalue weighted by Crippen LogP contribution is 2.13. The van der Waals surface area contributed by atoms with Crippen molar-refractivity contribution in [1.82, 2.24) is 5.32 Å². The number of hydrogen-bond acceptors (Lipinski definition) is 3. The highest BCUT2D eigenvalue weighted by molar-refractivity contribution is 5.22. The third-order valence-corrected chi connectivity index (χ3v) is 3.64. The van der Waals surface area contributed by atoms with Crippen molar-refractivity contribution < 1.29 is 9.47 Å². The molecule has 1 aliphatic rings. The first-order valence-electron chi connectivity index (χ1n) is 7.70. The highest BCUT2D eigenvalue weighted by Gasteiger charge is 2.15. The largest absolute Gasteiger partial charge is 0.381 e. The van der Waals surface area contributed by atoms with E-state index in [1.165, 1.54) is 11.1 Å². The third kappa shape index (κ3) is 5.61. The van der Waals surface area contributed by atoms with Crippen molar-refractivity contribution in [2.45, 2.75) is 39.3 Å². The molecule has 3 heteroatoms. The summed E-state index contributed by atoms with van der Waals surface area (Å²) in [6.45, 7) is 8.68. The van der Waals surface area contributed by atoms with Gasteiger partial charge >= 0.3 is 0 Å². The summed E-state index contributed by atoms with van der Waals surface area (Å²) in [6.07, 6.45) is 2.22. The van der Waals surface area contributed by atoms with Gasteiger partial charge in [0.2, 0.25) is 0 Å². The molecule has 2 rings (SSSR count). The lowest BCUT2D eigenvalue weighted by Gasteiger charge is -2.10. The van der Waals surface area contributed by atoms with Gasteiger partial charge in [0.25, 0.3) is 0 Å². The number of benzene rings is 1. The highest BCUT2D eigenvalue weighted by atomic mass is 16.5. The molecule has 1 unspecified atom stereocenters. The summed E-state index contributed by atoms with van der Waals surface area (Å²) in [5.41, 5.74) is 2.63. The minimum absolute atomic E-state index is 0.558. The summed E-state index contributed by atoms with van der Waals surface area (Å²) in [7, 11) is 0. The van der Waals surface area contributed by atoms with E-state index in [9.17, 15) is 0 Å². The molecule has 1 N–H and O–H groups in total. The molecule has 0 amide bonds. The Morgan fingerprint density at radius 1 is 1.25 bits per heavy atom. The van der Waals surface area contributed by atoms with Crippen LogP contribution in [0, 0.1) is 5.92 Å².